The van der Waals surface area contributed by atoms with Gasteiger partial charge in [-0.2, -0.15) is 0 Å². The van der Waals surface area contributed by atoms with Crippen LogP contribution in [0.1, 0.15) is 6.42 Å². The number of methoxy groups -OCH3 is 1. The van der Waals surface area contributed by atoms with Crippen LogP contribution in [0.15, 0.2) is 0 Å². The molecule has 0 aromatic rings. The van der Waals surface area contributed by atoms with E-state index in [4.69, 9.17) is 0 Å². The number of nitrogens with zero attached hydrogens (tertiary/aromatic N) is 1. The fourth-order valence-electron chi connectivity index (χ4n) is 1.43. The lowest BCUT2D eigenvalue weighted by Gasteiger charge is -2.17. The van der Waals surface area contributed by atoms with Crippen molar-refractivity contribution in [3.8, 4) is 0 Å². The van der Waals surface area contributed by atoms with E-state index in [-0.39, 0.29) is 12.0 Å². The quantitative estimate of drug-likeness (QED) is 0.568. The Morgan fingerprint density at radius 1 is 1.58 bits per heavy atom. The standard InChI is InChI=1S/C8H16N2O2/c1-10(2)6-4-7(9-5-6)8(11)12-3/h6-7,9H,4-5H2,1-3H3/t6-,7?/m1/s1. The van der Waals surface area contributed by atoms with Crippen LogP contribution in [0, 0.1) is 0 Å². The Morgan fingerprint density at radius 2 is 2.25 bits per heavy atom. The lowest BCUT2D eigenvalue weighted by atomic mass is 10.1. The minimum Gasteiger partial charge on any atom is -0.468 e. The molecule has 4 nitrogen and oxygen atoms in total. The van der Waals surface area contributed by atoms with Crippen molar-refractivity contribution < 1.29 is 9.53 Å². The number of hydrogen-bond acceptors (Lipinski definition) is 4. The maximum absolute atomic E-state index is 11.1. The normalized spacial score (nSPS) is 29.3. The number of esters is 1. The predicted octanol–water partition coefficient (Wildman–Crippen LogP) is -0.548. The molecule has 1 aliphatic rings. The van der Waals surface area contributed by atoms with Gasteiger partial charge in [0.2, 0.25) is 0 Å². The largest absolute Gasteiger partial charge is 0.468 e. The average molecular weight is 172 g/mol. The van der Waals surface area contributed by atoms with Crippen molar-refractivity contribution >= 4 is 5.97 Å². The van der Waals surface area contributed by atoms with Crippen LogP contribution in [0.25, 0.3) is 0 Å². The number of nitrogens with one attached hydrogen (secondary N) is 1. The molecule has 0 spiro atoms. The molecule has 0 amide bonds. The molecule has 0 aliphatic carbocycles. The third kappa shape index (κ3) is 1.95. The van der Waals surface area contributed by atoms with Crippen LogP contribution >= 0.6 is 0 Å². The minimum absolute atomic E-state index is 0.109. The molecule has 1 unspecified atom stereocenters. The summed E-state index contributed by atoms with van der Waals surface area (Å²) in [6.45, 7) is 0.868. The van der Waals surface area contributed by atoms with E-state index in [2.05, 4.69) is 15.0 Å². The van der Waals surface area contributed by atoms with Gasteiger partial charge in [0.05, 0.1) is 7.11 Å². The smallest absolute Gasteiger partial charge is 0.322 e. The molecule has 1 heterocycles. The summed E-state index contributed by atoms with van der Waals surface area (Å²) < 4.78 is 4.64. The van der Waals surface area contributed by atoms with Crippen molar-refractivity contribution in [3.05, 3.63) is 0 Å². The molecule has 1 fully saturated rings. The molecule has 1 N–H and O–H groups in total. The molecular formula is C8H16N2O2. The summed E-state index contributed by atoms with van der Waals surface area (Å²) in [6, 6.07) is 0.344. The molecule has 2 atom stereocenters. The highest BCUT2D eigenvalue weighted by molar-refractivity contribution is 5.76. The first kappa shape index (κ1) is 9.48. The van der Waals surface area contributed by atoms with Gasteiger partial charge in [-0.05, 0) is 20.5 Å². The highest BCUT2D eigenvalue weighted by Gasteiger charge is 2.30. The fourth-order valence-corrected chi connectivity index (χ4v) is 1.43. The van der Waals surface area contributed by atoms with Gasteiger partial charge in [-0.15, -0.1) is 0 Å². The Morgan fingerprint density at radius 3 is 2.67 bits per heavy atom. The van der Waals surface area contributed by atoms with Gasteiger partial charge in [0.1, 0.15) is 6.04 Å². The summed E-state index contributed by atoms with van der Waals surface area (Å²) in [6.07, 6.45) is 0.847. The first-order chi connectivity index (χ1) is 5.65. The van der Waals surface area contributed by atoms with Crippen molar-refractivity contribution in [2.45, 2.75) is 18.5 Å². The molecule has 0 aromatic heterocycles. The first-order valence-corrected chi connectivity index (χ1v) is 4.12. The van der Waals surface area contributed by atoms with Crippen LogP contribution in [0.5, 0.6) is 0 Å². The molecule has 1 rings (SSSR count). The van der Waals surface area contributed by atoms with Gasteiger partial charge in [-0.25, -0.2) is 0 Å². The fraction of sp³-hybridized carbons (Fsp3) is 0.875. The van der Waals surface area contributed by atoms with Crippen molar-refractivity contribution in [1.82, 2.24) is 10.2 Å². The second kappa shape index (κ2) is 3.87. The van der Waals surface area contributed by atoms with Gasteiger partial charge in [-0.1, -0.05) is 0 Å². The van der Waals surface area contributed by atoms with Crippen molar-refractivity contribution in [2.24, 2.45) is 0 Å². The predicted molar refractivity (Wildman–Crippen MR) is 45.9 cm³/mol. The van der Waals surface area contributed by atoms with E-state index in [0.717, 1.165) is 13.0 Å². The van der Waals surface area contributed by atoms with E-state index < -0.39 is 0 Å². The van der Waals surface area contributed by atoms with Gasteiger partial charge >= 0.3 is 5.97 Å². The van der Waals surface area contributed by atoms with Crippen LogP contribution in [0.4, 0.5) is 0 Å². The van der Waals surface area contributed by atoms with E-state index in [9.17, 15) is 4.79 Å². The Labute approximate surface area is 72.9 Å². The third-order valence-corrected chi connectivity index (χ3v) is 2.32. The SMILES string of the molecule is COC(=O)C1C[C@@H](N(C)C)CN1. The van der Waals surface area contributed by atoms with Crippen LogP contribution in [-0.2, 0) is 9.53 Å². The molecule has 1 aliphatic heterocycles. The highest BCUT2D eigenvalue weighted by Crippen LogP contribution is 2.11. The number of ether oxygens (including phenoxy) is 1. The summed E-state index contributed by atoms with van der Waals surface area (Å²) in [7, 11) is 5.46. The zero-order chi connectivity index (χ0) is 9.14. The van der Waals surface area contributed by atoms with Gasteiger partial charge < -0.3 is 15.0 Å². The van der Waals surface area contributed by atoms with E-state index in [1.54, 1.807) is 0 Å². The third-order valence-electron chi connectivity index (χ3n) is 2.32. The van der Waals surface area contributed by atoms with E-state index in [0.29, 0.717) is 6.04 Å². The summed E-state index contributed by atoms with van der Waals surface area (Å²) in [5.74, 6) is -0.153. The second-order valence-electron chi connectivity index (χ2n) is 3.34. The van der Waals surface area contributed by atoms with Crippen molar-refractivity contribution in [3.63, 3.8) is 0 Å². The molecule has 0 bridgehead atoms. The monoisotopic (exact) mass is 172 g/mol. The molecule has 12 heavy (non-hydrogen) atoms. The molecule has 1 saturated heterocycles. The van der Waals surface area contributed by atoms with Crippen LogP contribution < -0.4 is 5.32 Å². The van der Waals surface area contributed by atoms with Crippen LogP contribution in [0.2, 0.25) is 0 Å². The number of hydrogen-bond donors (Lipinski definition) is 1. The van der Waals surface area contributed by atoms with Gasteiger partial charge in [0, 0.05) is 12.6 Å². The molecule has 0 radical (unpaired) electrons. The molecule has 0 aromatic carbocycles. The lowest BCUT2D eigenvalue weighted by molar-refractivity contribution is -0.142. The summed E-state index contributed by atoms with van der Waals surface area (Å²) in [5.41, 5.74) is 0. The van der Waals surface area contributed by atoms with Crippen LogP contribution in [-0.4, -0.2) is 50.7 Å². The summed E-state index contributed by atoms with van der Waals surface area (Å²) in [5, 5.41) is 3.12. The second-order valence-corrected chi connectivity index (χ2v) is 3.34. The Hall–Kier alpha value is -0.610. The maximum atomic E-state index is 11.1. The van der Waals surface area contributed by atoms with Gasteiger partial charge in [0.15, 0.2) is 0 Å². The minimum atomic E-state index is -0.153. The number of likely N-dealkylation sites (N-methyl/N-ethyl adjacent to an activating group) is 1. The summed E-state index contributed by atoms with van der Waals surface area (Å²) >= 11 is 0. The topological polar surface area (TPSA) is 41.6 Å². The maximum Gasteiger partial charge on any atom is 0.322 e. The van der Waals surface area contributed by atoms with Crippen LogP contribution in [0.3, 0.4) is 0 Å². The number of carbonyl (C=O) groups is 1. The molecule has 70 valence electrons. The lowest BCUT2D eigenvalue weighted by Crippen LogP contribution is -2.31. The van der Waals surface area contributed by atoms with Crippen molar-refractivity contribution in [2.75, 3.05) is 27.7 Å². The molecule has 0 saturated carbocycles. The zero-order valence-electron chi connectivity index (χ0n) is 7.83. The Kier molecular flexibility index (Phi) is 3.05. The van der Waals surface area contributed by atoms with Crippen molar-refractivity contribution in [1.29, 1.82) is 0 Å². The van der Waals surface area contributed by atoms with Gasteiger partial charge in [-0.3, -0.25) is 4.79 Å². The molecular weight excluding hydrogens is 156 g/mol. The molecule has 4 heteroatoms. The summed E-state index contributed by atoms with van der Waals surface area (Å²) in [4.78, 5) is 13.2. The Bertz CT molecular complexity index is 170. The van der Waals surface area contributed by atoms with E-state index in [1.807, 2.05) is 14.1 Å². The number of rotatable bonds is 2. The van der Waals surface area contributed by atoms with Gasteiger partial charge in [0.25, 0.3) is 0 Å². The number of carbonyl (C=O) groups excluding carboxylic acids is 1. The highest BCUT2D eigenvalue weighted by atomic mass is 16.5. The zero-order valence-corrected chi connectivity index (χ0v) is 7.83. The Balaban J connectivity index is 2.40. The van der Waals surface area contributed by atoms with E-state index in [1.165, 1.54) is 7.11 Å². The van der Waals surface area contributed by atoms with E-state index >= 15 is 0 Å². The average Bonchev–Trinajstić information content (AvgIpc) is 2.51. The first-order valence-electron chi connectivity index (χ1n) is 4.12.